The van der Waals surface area contributed by atoms with E-state index in [0.29, 0.717) is 5.92 Å². The van der Waals surface area contributed by atoms with Crippen molar-refractivity contribution >= 4 is 0 Å². The third-order valence-corrected chi connectivity index (χ3v) is 2.10. The number of rotatable bonds is 1. The lowest BCUT2D eigenvalue weighted by Crippen LogP contribution is -1.89. The fourth-order valence-corrected chi connectivity index (χ4v) is 1.07. The molecule has 59 valence electrons. The Hall–Kier alpha value is -0.780. The first kappa shape index (κ1) is 8.32. The Labute approximate surface area is 69.3 Å². The minimum absolute atomic E-state index is 0.397. The molecule has 0 N–H and O–H groups in total. The zero-order valence-electron chi connectivity index (χ0n) is 7.52. The Morgan fingerprint density at radius 3 is 2.27 bits per heavy atom. The molecule has 1 aromatic carbocycles. The summed E-state index contributed by atoms with van der Waals surface area (Å²) in [5.41, 5.74) is 4.04. The highest BCUT2D eigenvalue weighted by atomic mass is 14.0. The highest BCUT2D eigenvalue weighted by Crippen LogP contribution is 2.17. The van der Waals surface area contributed by atoms with Gasteiger partial charge in [0.25, 0.3) is 0 Å². The van der Waals surface area contributed by atoms with Gasteiger partial charge in [-0.3, -0.25) is 0 Å². The smallest absolute Gasteiger partial charge is 0.0190 e. The maximum absolute atomic E-state index is 3.98. The molecular weight excluding hydrogens is 132 g/mol. The second kappa shape index (κ2) is 3.08. The summed E-state index contributed by atoms with van der Waals surface area (Å²) in [6.07, 6.45) is 0. The highest BCUT2D eigenvalue weighted by Gasteiger charge is 1.99. The summed E-state index contributed by atoms with van der Waals surface area (Å²) in [6.45, 7) is 10.4. The summed E-state index contributed by atoms with van der Waals surface area (Å²) < 4.78 is 0. The second-order valence-corrected chi connectivity index (χ2v) is 3.24. The van der Waals surface area contributed by atoms with E-state index < -0.39 is 0 Å². The van der Waals surface area contributed by atoms with E-state index >= 15 is 0 Å². The molecular formula is C11H15. The summed E-state index contributed by atoms with van der Waals surface area (Å²) >= 11 is 0. The van der Waals surface area contributed by atoms with E-state index in [-0.39, 0.29) is 0 Å². The van der Waals surface area contributed by atoms with Crippen molar-refractivity contribution in [3.05, 3.63) is 41.8 Å². The van der Waals surface area contributed by atoms with Crippen LogP contribution in [0, 0.1) is 20.8 Å². The molecule has 0 nitrogen and oxygen atoms in total. The van der Waals surface area contributed by atoms with Crippen LogP contribution in [0.1, 0.15) is 29.5 Å². The molecule has 0 amide bonds. The summed E-state index contributed by atoms with van der Waals surface area (Å²) in [5.74, 6) is 0.397. The monoisotopic (exact) mass is 147 g/mol. The molecule has 1 radical (unpaired) electrons. The largest absolute Gasteiger partial charge is 0.0588 e. The summed E-state index contributed by atoms with van der Waals surface area (Å²) in [6, 6.07) is 6.53. The van der Waals surface area contributed by atoms with Gasteiger partial charge in [0.15, 0.2) is 0 Å². The normalized spacial score (nSPS) is 10.6. The molecule has 1 rings (SSSR count). The zero-order valence-corrected chi connectivity index (χ0v) is 7.52. The van der Waals surface area contributed by atoms with Gasteiger partial charge in [0.1, 0.15) is 0 Å². The molecule has 1 unspecified atom stereocenters. The van der Waals surface area contributed by atoms with Crippen LogP contribution in [-0.2, 0) is 0 Å². The van der Waals surface area contributed by atoms with Crippen LogP contribution in [-0.4, -0.2) is 0 Å². The molecule has 0 heterocycles. The van der Waals surface area contributed by atoms with Crippen LogP contribution in [0.3, 0.4) is 0 Å². The van der Waals surface area contributed by atoms with Gasteiger partial charge in [-0.05, 0) is 43.4 Å². The van der Waals surface area contributed by atoms with Crippen LogP contribution in [0.15, 0.2) is 18.2 Å². The maximum Gasteiger partial charge on any atom is -0.0190 e. The Balaban J connectivity index is 3.05. The van der Waals surface area contributed by atoms with E-state index in [9.17, 15) is 0 Å². The molecule has 0 saturated carbocycles. The highest BCUT2D eigenvalue weighted by molar-refractivity contribution is 5.31. The van der Waals surface area contributed by atoms with E-state index in [2.05, 4.69) is 45.9 Å². The summed E-state index contributed by atoms with van der Waals surface area (Å²) in [7, 11) is 0. The molecule has 0 aliphatic heterocycles. The van der Waals surface area contributed by atoms with Gasteiger partial charge in [-0.15, -0.1) is 0 Å². The Morgan fingerprint density at radius 1 is 1.18 bits per heavy atom. The third-order valence-electron chi connectivity index (χ3n) is 2.10. The van der Waals surface area contributed by atoms with Crippen LogP contribution < -0.4 is 0 Å². The molecule has 0 heteroatoms. The van der Waals surface area contributed by atoms with Crippen molar-refractivity contribution in [3.8, 4) is 0 Å². The Bertz CT molecular complexity index is 246. The van der Waals surface area contributed by atoms with E-state index in [1.807, 2.05) is 0 Å². The lowest BCUT2D eigenvalue weighted by molar-refractivity contribution is 0.959. The average Bonchev–Trinajstić information content (AvgIpc) is 1.94. The first-order valence-electron chi connectivity index (χ1n) is 4.01. The number of aryl methyl sites for hydroxylation is 2. The van der Waals surface area contributed by atoms with Gasteiger partial charge >= 0.3 is 0 Å². The molecule has 0 aliphatic rings. The topological polar surface area (TPSA) is 0 Å². The summed E-state index contributed by atoms with van der Waals surface area (Å²) in [4.78, 5) is 0. The van der Waals surface area contributed by atoms with Crippen LogP contribution in [0.25, 0.3) is 0 Å². The Morgan fingerprint density at radius 2 is 1.82 bits per heavy atom. The lowest BCUT2D eigenvalue weighted by atomic mass is 9.99. The third kappa shape index (κ3) is 1.83. The van der Waals surface area contributed by atoms with Gasteiger partial charge in [-0.25, -0.2) is 0 Å². The minimum Gasteiger partial charge on any atom is -0.0588 e. The molecule has 0 bridgehead atoms. The molecule has 11 heavy (non-hydrogen) atoms. The van der Waals surface area contributed by atoms with E-state index in [1.165, 1.54) is 16.7 Å². The minimum atomic E-state index is 0.397. The zero-order chi connectivity index (χ0) is 8.43. The van der Waals surface area contributed by atoms with Crippen LogP contribution >= 0.6 is 0 Å². The fraction of sp³-hybridized carbons (Fsp3) is 0.364. The van der Waals surface area contributed by atoms with Gasteiger partial charge < -0.3 is 0 Å². The number of hydrogen-bond donors (Lipinski definition) is 0. The van der Waals surface area contributed by atoms with Gasteiger partial charge in [0.05, 0.1) is 0 Å². The predicted molar refractivity (Wildman–Crippen MR) is 49.7 cm³/mol. The fourth-order valence-electron chi connectivity index (χ4n) is 1.07. The van der Waals surface area contributed by atoms with Crippen molar-refractivity contribution in [2.45, 2.75) is 26.7 Å². The quantitative estimate of drug-likeness (QED) is 0.572. The molecule has 1 aromatic rings. The van der Waals surface area contributed by atoms with Gasteiger partial charge in [0, 0.05) is 0 Å². The first-order valence-corrected chi connectivity index (χ1v) is 4.01. The maximum atomic E-state index is 3.98. The number of hydrogen-bond acceptors (Lipinski definition) is 0. The van der Waals surface area contributed by atoms with Crippen molar-refractivity contribution in [1.29, 1.82) is 0 Å². The molecule has 0 aliphatic carbocycles. The van der Waals surface area contributed by atoms with Crippen molar-refractivity contribution in [2.24, 2.45) is 0 Å². The average molecular weight is 147 g/mol. The van der Waals surface area contributed by atoms with Gasteiger partial charge in [-0.2, -0.15) is 0 Å². The van der Waals surface area contributed by atoms with Gasteiger partial charge in [0.2, 0.25) is 0 Å². The van der Waals surface area contributed by atoms with Crippen molar-refractivity contribution < 1.29 is 0 Å². The van der Waals surface area contributed by atoms with Gasteiger partial charge in [-0.1, -0.05) is 25.1 Å². The molecule has 0 saturated heterocycles. The molecule has 0 spiro atoms. The van der Waals surface area contributed by atoms with E-state index in [1.54, 1.807) is 0 Å². The van der Waals surface area contributed by atoms with Crippen molar-refractivity contribution in [2.75, 3.05) is 0 Å². The SMILES string of the molecule is [CH2]C(C)c1ccc(C)c(C)c1. The molecule has 0 fully saturated rings. The number of benzene rings is 1. The van der Waals surface area contributed by atoms with Crippen LogP contribution in [0.5, 0.6) is 0 Å². The second-order valence-electron chi connectivity index (χ2n) is 3.24. The van der Waals surface area contributed by atoms with Crippen LogP contribution in [0.4, 0.5) is 0 Å². The lowest BCUT2D eigenvalue weighted by Gasteiger charge is -2.07. The van der Waals surface area contributed by atoms with Crippen molar-refractivity contribution in [3.63, 3.8) is 0 Å². The van der Waals surface area contributed by atoms with Crippen LogP contribution in [0.2, 0.25) is 0 Å². The van der Waals surface area contributed by atoms with E-state index in [4.69, 9.17) is 0 Å². The van der Waals surface area contributed by atoms with Crippen molar-refractivity contribution in [1.82, 2.24) is 0 Å². The van der Waals surface area contributed by atoms with E-state index in [0.717, 1.165) is 0 Å². The summed E-state index contributed by atoms with van der Waals surface area (Å²) in [5, 5.41) is 0. The first-order chi connectivity index (χ1) is 5.11. The Kier molecular flexibility index (Phi) is 2.33. The molecule has 0 aromatic heterocycles. The predicted octanol–water partition coefficient (Wildman–Crippen LogP) is 3.24. The molecule has 1 atom stereocenters. The standard InChI is InChI=1S/C11H15/c1-8(2)11-6-5-9(3)10(4)7-11/h5-8H,1H2,2-4H3.